The molecule has 0 spiro atoms. The molecule has 0 aromatic heterocycles. The minimum atomic E-state index is -0.740. The summed E-state index contributed by atoms with van der Waals surface area (Å²) in [5.41, 5.74) is 4.99. The highest BCUT2D eigenvalue weighted by Gasteiger charge is 2.37. The summed E-state index contributed by atoms with van der Waals surface area (Å²) in [6, 6.07) is 0.284. The van der Waals surface area contributed by atoms with Gasteiger partial charge in [0.1, 0.15) is 5.60 Å². The van der Waals surface area contributed by atoms with Gasteiger partial charge in [-0.3, -0.25) is 4.79 Å². The van der Waals surface area contributed by atoms with Crippen molar-refractivity contribution in [1.82, 2.24) is 4.90 Å². The van der Waals surface area contributed by atoms with E-state index >= 15 is 0 Å². The van der Waals surface area contributed by atoms with Crippen LogP contribution in [-0.4, -0.2) is 43.2 Å². The molecule has 1 fully saturated rings. The summed E-state index contributed by atoms with van der Waals surface area (Å²) in [4.78, 5) is 14.0. The number of ether oxygens (including phenoxy) is 1. The number of rotatable bonds is 4. The van der Waals surface area contributed by atoms with Gasteiger partial charge >= 0.3 is 0 Å². The molecule has 0 radical (unpaired) electrons. The van der Waals surface area contributed by atoms with Gasteiger partial charge in [-0.1, -0.05) is 6.42 Å². The first-order chi connectivity index (χ1) is 7.44. The lowest BCUT2D eigenvalue weighted by Crippen LogP contribution is -2.50. The maximum absolute atomic E-state index is 12.2. The highest BCUT2D eigenvalue weighted by atomic mass is 16.5. The second-order valence-electron chi connectivity index (χ2n) is 5.12. The van der Waals surface area contributed by atoms with Crippen molar-refractivity contribution in [3.63, 3.8) is 0 Å². The maximum atomic E-state index is 12.2. The molecule has 1 saturated carbocycles. The molecule has 0 aliphatic heterocycles. The van der Waals surface area contributed by atoms with Crippen molar-refractivity contribution >= 4 is 5.91 Å². The number of nitrogens with two attached hydrogens (primary N) is 1. The van der Waals surface area contributed by atoms with Crippen LogP contribution < -0.4 is 5.73 Å². The van der Waals surface area contributed by atoms with Gasteiger partial charge < -0.3 is 15.4 Å². The van der Waals surface area contributed by atoms with Crippen molar-refractivity contribution in [2.75, 3.05) is 20.7 Å². The number of hydrogen-bond donors (Lipinski definition) is 1. The zero-order valence-electron chi connectivity index (χ0n) is 10.8. The first-order valence-corrected chi connectivity index (χ1v) is 5.96. The molecule has 4 heteroatoms. The molecular formula is C12H24N2O2. The van der Waals surface area contributed by atoms with E-state index in [0.717, 1.165) is 19.3 Å². The Hall–Kier alpha value is -0.610. The zero-order valence-corrected chi connectivity index (χ0v) is 10.8. The van der Waals surface area contributed by atoms with Gasteiger partial charge in [0.2, 0.25) is 0 Å². The van der Waals surface area contributed by atoms with E-state index in [9.17, 15) is 4.79 Å². The van der Waals surface area contributed by atoms with E-state index in [0.29, 0.717) is 12.5 Å². The van der Waals surface area contributed by atoms with E-state index in [-0.39, 0.29) is 11.9 Å². The first kappa shape index (κ1) is 13.5. The fourth-order valence-electron chi connectivity index (χ4n) is 2.46. The first-order valence-electron chi connectivity index (χ1n) is 5.96. The largest absolute Gasteiger partial charge is 0.369 e. The van der Waals surface area contributed by atoms with Gasteiger partial charge in [-0.15, -0.1) is 0 Å². The van der Waals surface area contributed by atoms with Gasteiger partial charge in [0.05, 0.1) is 0 Å². The molecule has 1 aliphatic rings. The number of likely N-dealkylation sites (N-methyl/N-ethyl adjacent to an activating group) is 1. The fourth-order valence-corrected chi connectivity index (χ4v) is 2.46. The Morgan fingerprint density at radius 1 is 1.50 bits per heavy atom. The van der Waals surface area contributed by atoms with Gasteiger partial charge in [0.15, 0.2) is 0 Å². The normalized spacial score (nSPS) is 25.8. The molecule has 1 rings (SSSR count). The van der Waals surface area contributed by atoms with Crippen LogP contribution in [0.5, 0.6) is 0 Å². The average Bonchev–Trinajstić information content (AvgIpc) is 2.74. The lowest BCUT2D eigenvalue weighted by atomic mass is 10.00. The van der Waals surface area contributed by atoms with Crippen molar-refractivity contribution < 1.29 is 9.53 Å². The summed E-state index contributed by atoms with van der Waals surface area (Å²) in [5, 5.41) is 0. The molecule has 0 aromatic rings. The van der Waals surface area contributed by atoms with Crippen LogP contribution in [0, 0.1) is 5.92 Å². The van der Waals surface area contributed by atoms with Crippen LogP contribution in [0.2, 0.25) is 0 Å². The second kappa shape index (κ2) is 5.15. The molecule has 4 nitrogen and oxygen atoms in total. The minimum Gasteiger partial charge on any atom is -0.369 e. The molecule has 2 unspecified atom stereocenters. The van der Waals surface area contributed by atoms with Crippen LogP contribution in [0.3, 0.4) is 0 Å². The Morgan fingerprint density at radius 3 is 2.62 bits per heavy atom. The number of hydrogen-bond acceptors (Lipinski definition) is 3. The molecular weight excluding hydrogens is 204 g/mol. The van der Waals surface area contributed by atoms with Crippen molar-refractivity contribution in [3.8, 4) is 0 Å². The lowest BCUT2D eigenvalue weighted by molar-refractivity contribution is -0.152. The van der Waals surface area contributed by atoms with Crippen molar-refractivity contribution in [1.29, 1.82) is 0 Å². The van der Waals surface area contributed by atoms with Crippen LogP contribution in [-0.2, 0) is 9.53 Å². The van der Waals surface area contributed by atoms with Gasteiger partial charge in [-0.25, -0.2) is 0 Å². The number of amides is 1. The van der Waals surface area contributed by atoms with Gasteiger partial charge in [-0.2, -0.15) is 0 Å². The molecule has 0 heterocycles. The summed E-state index contributed by atoms with van der Waals surface area (Å²) < 4.78 is 5.23. The van der Waals surface area contributed by atoms with Crippen molar-refractivity contribution in [2.24, 2.45) is 11.7 Å². The highest BCUT2D eigenvalue weighted by molar-refractivity contribution is 5.84. The molecule has 0 bridgehead atoms. The van der Waals surface area contributed by atoms with Crippen molar-refractivity contribution in [3.05, 3.63) is 0 Å². The second-order valence-corrected chi connectivity index (χ2v) is 5.12. The topological polar surface area (TPSA) is 55.6 Å². The van der Waals surface area contributed by atoms with Gasteiger partial charge in [-0.05, 0) is 39.2 Å². The third-order valence-electron chi connectivity index (χ3n) is 3.76. The van der Waals surface area contributed by atoms with E-state index in [4.69, 9.17) is 10.5 Å². The molecule has 1 aliphatic carbocycles. The molecule has 1 amide bonds. The molecule has 2 N–H and O–H groups in total. The molecule has 2 atom stereocenters. The van der Waals surface area contributed by atoms with Crippen LogP contribution in [0.1, 0.15) is 33.1 Å². The Balaban J connectivity index is 2.70. The van der Waals surface area contributed by atoms with Crippen LogP contribution in [0.15, 0.2) is 0 Å². The van der Waals surface area contributed by atoms with E-state index in [1.165, 1.54) is 0 Å². The highest BCUT2D eigenvalue weighted by Crippen LogP contribution is 2.30. The van der Waals surface area contributed by atoms with Crippen LogP contribution in [0.25, 0.3) is 0 Å². The van der Waals surface area contributed by atoms with Crippen LogP contribution >= 0.6 is 0 Å². The lowest BCUT2D eigenvalue weighted by Gasteiger charge is -2.34. The SMILES string of the molecule is COC(C)(C)C(=O)N(C)C1CCCC1CN. The number of methoxy groups -OCH3 is 1. The smallest absolute Gasteiger partial charge is 0.254 e. The third kappa shape index (κ3) is 2.55. The quantitative estimate of drug-likeness (QED) is 0.781. The standard InChI is InChI=1S/C12H24N2O2/c1-12(2,16-4)11(15)14(3)10-7-5-6-9(10)8-13/h9-10H,5-8,13H2,1-4H3. The average molecular weight is 228 g/mol. The Kier molecular flexibility index (Phi) is 4.33. The molecule has 94 valence electrons. The predicted molar refractivity (Wildman–Crippen MR) is 64.0 cm³/mol. The summed E-state index contributed by atoms with van der Waals surface area (Å²) in [6.45, 7) is 4.27. The maximum Gasteiger partial charge on any atom is 0.254 e. The summed E-state index contributed by atoms with van der Waals surface area (Å²) in [6.07, 6.45) is 3.35. The number of carbonyl (C=O) groups is 1. The molecule has 0 saturated heterocycles. The molecule has 0 aromatic carbocycles. The monoisotopic (exact) mass is 228 g/mol. The Labute approximate surface area is 98.1 Å². The summed E-state index contributed by atoms with van der Waals surface area (Å²) >= 11 is 0. The third-order valence-corrected chi connectivity index (χ3v) is 3.76. The summed E-state index contributed by atoms with van der Waals surface area (Å²) in [5.74, 6) is 0.488. The summed E-state index contributed by atoms with van der Waals surface area (Å²) in [7, 11) is 3.43. The van der Waals surface area contributed by atoms with E-state index in [1.54, 1.807) is 21.0 Å². The van der Waals surface area contributed by atoms with Gasteiger partial charge in [0, 0.05) is 20.2 Å². The zero-order chi connectivity index (χ0) is 12.3. The van der Waals surface area contributed by atoms with E-state index in [2.05, 4.69) is 0 Å². The molecule has 16 heavy (non-hydrogen) atoms. The number of nitrogens with zero attached hydrogens (tertiary/aromatic N) is 1. The predicted octanol–water partition coefficient (Wildman–Crippen LogP) is 0.997. The fraction of sp³-hybridized carbons (Fsp3) is 0.917. The Bertz CT molecular complexity index is 253. The van der Waals surface area contributed by atoms with Crippen LogP contribution in [0.4, 0.5) is 0 Å². The Morgan fingerprint density at radius 2 is 2.12 bits per heavy atom. The van der Waals surface area contributed by atoms with Gasteiger partial charge in [0.25, 0.3) is 5.91 Å². The number of carbonyl (C=O) groups excluding carboxylic acids is 1. The van der Waals surface area contributed by atoms with E-state index in [1.807, 2.05) is 11.9 Å². The minimum absolute atomic E-state index is 0.0420. The van der Waals surface area contributed by atoms with Crippen molar-refractivity contribution in [2.45, 2.75) is 44.8 Å². The van der Waals surface area contributed by atoms with E-state index < -0.39 is 5.60 Å².